The molecule has 0 saturated heterocycles. The number of hydrogen-bond acceptors (Lipinski definition) is 3. The maximum atomic E-state index is 12.9. The van der Waals surface area contributed by atoms with Crippen molar-refractivity contribution in [3.63, 3.8) is 0 Å². The molecule has 2 N–H and O–H groups in total. The summed E-state index contributed by atoms with van der Waals surface area (Å²) >= 11 is 0. The standard InChI is InChI=1S/C20H23FN2O3/c1-25-18-9-15-7-8-23(12-16(15)10-19(18)26-2)13-20(24)22-11-14-3-5-17(21)6-4-14/h3-6,9-10H,7-8,11-13H2,1-2H3,(H,22,24)/p+1. The fourth-order valence-electron chi connectivity index (χ4n) is 3.27. The quantitative estimate of drug-likeness (QED) is 0.812. The number of methoxy groups -OCH3 is 2. The molecule has 3 rings (SSSR count). The van der Waals surface area contributed by atoms with Gasteiger partial charge < -0.3 is 19.7 Å². The van der Waals surface area contributed by atoms with Crippen molar-refractivity contribution < 1.29 is 23.6 Å². The first-order valence-corrected chi connectivity index (χ1v) is 8.67. The zero-order valence-electron chi connectivity index (χ0n) is 15.1. The van der Waals surface area contributed by atoms with E-state index in [1.54, 1.807) is 26.4 Å². The summed E-state index contributed by atoms with van der Waals surface area (Å²) in [5.74, 6) is 1.18. The lowest BCUT2D eigenvalue weighted by molar-refractivity contribution is -0.908. The Bertz CT molecular complexity index is 777. The van der Waals surface area contributed by atoms with Gasteiger partial charge in [-0.25, -0.2) is 4.39 Å². The molecule has 1 atom stereocenters. The molecule has 0 saturated carbocycles. The molecule has 6 heteroatoms. The van der Waals surface area contributed by atoms with Crippen LogP contribution in [0.15, 0.2) is 36.4 Å². The fourth-order valence-corrected chi connectivity index (χ4v) is 3.27. The number of halogens is 1. The molecular weight excluding hydrogens is 335 g/mol. The smallest absolute Gasteiger partial charge is 0.275 e. The number of quaternary nitrogens is 1. The van der Waals surface area contributed by atoms with Crippen molar-refractivity contribution in [2.45, 2.75) is 19.5 Å². The number of carbonyl (C=O) groups excluding carboxylic acids is 1. The summed E-state index contributed by atoms with van der Waals surface area (Å²) in [5, 5.41) is 2.90. The molecule has 0 fully saturated rings. The number of rotatable bonds is 6. The SMILES string of the molecule is COc1cc2c(cc1OC)C[NH+](CC(=O)NCc1ccc(F)cc1)CC2. The second kappa shape index (κ2) is 8.19. The molecule has 1 aliphatic rings. The first-order valence-electron chi connectivity index (χ1n) is 8.67. The minimum Gasteiger partial charge on any atom is -0.493 e. The van der Waals surface area contributed by atoms with Gasteiger partial charge in [-0.05, 0) is 35.4 Å². The lowest BCUT2D eigenvalue weighted by Gasteiger charge is -2.26. The Hall–Kier alpha value is -2.60. The van der Waals surface area contributed by atoms with E-state index in [9.17, 15) is 9.18 Å². The van der Waals surface area contributed by atoms with Gasteiger partial charge in [-0.15, -0.1) is 0 Å². The van der Waals surface area contributed by atoms with Crippen LogP contribution in [0, 0.1) is 5.82 Å². The van der Waals surface area contributed by atoms with Crippen molar-refractivity contribution in [1.82, 2.24) is 5.32 Å². The predicted molar refractivity (Wildman–Crippen MR) is 95.9 cm³/mol. The Labute approximate surface area is 152 Å². The maximum absolute atomic E-state index is 12.9. The van der Waals surface area contributed by atoms with Crippen LogP contribution in [-0.2, 0) is 24.3 Å². The van der Waals surface area contributed by atoms with Gasteiger partial charge in [0.15, 0.2) is 18.0 Å². The Morgan fingerprint density at radius 3 is 2.42 bits per heavy atom. The van der Waals surface area contributed by atoms with Gasteiger partial charge in [0.25, 0.3) is 5.91 Å². The Kier molecular flexibility index (Phi) is 5.73. The molecule has 0 aromatic heterocycles. The van der Waals surface area contributed by atoms with Crippen LogP contribution in [0.25, 0.3) is 0 Å². The van der Waals surface area contributed by atoms with E-state index in [0.717, 1.165) is 30.8 Å². The van der Waals surface area contributed by atoms with Gasteiger partial charge >= 0.3 is 0 Å². The third-order valence-corrected chi connectivity index (χ3v) is 4.71. The number of amides is 1. The van der Waals surface area contributed by atoms with Crippen LogP contribution in [0.1, 0.15) is 16.7 Å². The third kappa shape index (κ3) is 4.32. The molecule has 1 amide bonds. The Morgan fingerprint density at radius 2 is 1.77 bits per heavy atom. The number of carbonyl (C=O) groups is 1. The van der Waals surface area contributed by atoms with Crippen molar-refractivity contribution in [3.05, 3.63) is 58.9 Å². The van der Waals surface area contributed by atoms with Crippen LogP contribution in [0.2, 0.25) is 0 Å². The van der Waals surface area contributed by atoms with Gasteiger partial charge in [0.1, 0.15) is 12.4 Å². The number of fused-ring (bicyclic) bond motifs is 1. The maximum Gasteiger partial charge on any atom is 0.275 e. The normalized spacial score (nSPS) is 15.9. The zero-order chi connectivity index (χ0) is 18.5. The van der Waals surface area contributed by atoms with Gasteiger partial charge in [0.2, 0.25) is 0 Å². The highest BCUT2D eigenvalue weighted by Gasteiger charge is 2.23. The van der Waals surface area contributed by atoms with E-state index in [1.807, 2.05) is 12.1 Å². The molecule has 0 bridgehead atoms. The van der Waals surface area contributed by atoms with Crippen LogP contribution in [0.3, 0.4) is 0 Å². The van der Waals surface area contributed by atoms with E-state index in [1.165, 1.54) is 28.2 Å². The molecule has 1 heterocycles. The van der Waals surface area contributed by atoms with Crippen molar-refractivity contribution in [1.29, 1.82) is 0 Å². The molecule has 138 valence electrons. The largest absolute Gasteiger partial charge is 0.493 e. The summed E-state index contributed by atoms with van der Waals surface area (Å²) < 4.78 is 23.6. The second-order valence-corrected chi connectivity index (χ2v) is 6.48. The Balaban J connectivity index is 1.56. The molecule has 2 aromatic rings. The summed E-state index contributed by atoms with van der Waals surface area (Å²) in [4.78, 5) is 13.4. The van der Waals surface area contributed by atoms with Crippen molar-refractivity contribution in [2.24, 2.45) is 0 Å². The lowest BCUT2D eigenvalue weighted by Crippen LogP contribution is -3.12. The monoisotopic (exact) mass is 359 g/mol. The van der Waals surface area contributed by atoms with E-state index >= 15 is 0 Å². The average Bonchev–Trinajstić information content (AvgIpc) is 2.66. The van der Waals surface area contributed by atoms with Gasteiger partial charge in [0.05, 0.1) is 20.8 Å². The molecule has 2 aromatic carbocycles. The lowest BCUT2D eigenvalue weighted by atomic mass is 9.99. The van der Waals surface area contributed by atoms with Crippen molar-refractivity contribution in [3.8, 4) is 11.5 Å². The van der Waals surface area contributed by atoms with Crippen LogP contribution in [0.5, 0.6) is 11.5 Å². The van der Waals surface area contributed by atoms with Crippen molar-refractivity contribution in [2.75, 3.05) is 27.3 Å². The van der Waals surface area contributed by atoms with E-state index in [4.69, 9.17) is 9.47 Å². The summed E-state index contributed by atoms with van der Waals surface area (Å²) in [6, 6.07) is 10.2. The van der Waals surface area contributed by atoms with Crippen LogP contribution >= 0.6 is 0 Å². The zero-order valence-corrected chi connectivity index (χ0v) is 15.1. The number of hydrogen-bond donors (Lipinski definition) is 2. The van der Waals surface area contributed by atoms with Crippen LogP contribution in [-0.4, -0.2) is 33.2 Å². The van der Waals surface area contributed by atoms with Gasteiger partial charge in [-0.1, -0.05) is 12.1 Å². The van der Waals surface area contributed by atoms with E-state index < -0.39 is 0 Å². The van der Waals surface area contributed by atoms with Gasteiger partial charge in [0, 0.05) is 18.5 Å². The topological polar surface area (TPSA) is 52.0 Å². The van der Waals surface area contributed by atoms with E-state index in [-0.39, 0.29) is 11.7 Å². The highest BCUT2D eigenvalue weighted by Crippen LogP contribution is 2.31. The minimum atomic E-state index is -0.274. The molecule has 1 unspecified atom stereocenters. The molecule has 0 spiro atoms. The highest BCUT2D eigenvalue weighted by atomic mass is 19.1. The molecule has 26 heavy (non-hydrogen) atoms. The van der Waals surface area contributed by atoms with E-state index in [2.05, 4.69) is 5.32 Å². The van der Waals surface area contributed by atoms with Gasteiger partial charge in [-0.2, -0.15) is 0 Å². The van der Waals surface area contributed by atoms with Crippen molar-refractivity contribution >= 4 is 5.91 Å². The predicted octanol–water partition coefficient (Wildman–Crippen LogP) is 1.10. The third-order valence-electron chi connectivity index (χ3n) is 4.71. The second-order valence-electron chi connectivity index (χ2n) is 6.48. The van der Waals surface area contributed by atoms with E-state index in [0.29, 0.717) is 18.8 Å². The minimum absolute atomic E-state index is 0.00625. The number of ether oxygens (including phenoxy) is 2. The molecule has 1 aliphatic heterocycles. The molecule has 0 radical (unpaired) electrons. The first kappa shape index (κ1) is 18.2. The summed E-state index contributed by atoms with van der Waals surface area (Å²) in [6.07, 6.45) is 0.899. The summed E-state index contributed by atoms with van der Waals surface area (Å²) in [7, 11) is 3.26. The highest BCUT2D eigenvalue weighted by molar-refractivity contribution is 5.76. The van der Waals surface area contributed by atoms with Crippen LogP contribution < -0.4 is 19.7 Å². The molecular formula is C20H24FN2O3+. The summed E-state index contributed by atoms with van der Waals surface area (Å²) in [5.41, 5.74) is 3.32. The number of benzene rings is 2. The fraction of sp³-hybridized carbons (Fsp3) is 0.350. The molecule has 0 aliphatic carbocycles. The van der Waals surface area contributed by atoms with Gasteiger partial charge in [-0.3, -0.25) is 4.79 Å². The summed E-state index contributed by atoms with van der Waals surface area (Å²) in [6.45, 7) is 2.50. The Morgan fingerprint density at radius 1 is 1.12 bits per heavy atom. The van der Waals surface area contributed by atoms with Crippen LogP contribution in [0.4, 0.5) is 4.39 Å². The number of nitrogens with one attached hydrogen (secondary N) is 2. The molecule has 5 nitrogen and oxygen atoms in total. The average molecular weight is 359 g/mol. The first-order chi connectivity index (χ1) is 12.6.